The third kappa shape index (κ3) is 2.18. The fourth-order valence-corrected chi connectivity index (χ4v) is 1.37. The first-order chi connectivity index (χ1) is 8.28. The molecule has 2 aromatic rings. The Labute approximate surface area is 97.6 Å². The molecule has 1 aromatic carbocycles. The molecule has 1 N–H and O–H groups in total. The van der Waals surface area contributed by atoms with Crippen LogP contribution in [0.25, 0.3) is 5.69 Å². The number of aliphatic hydroxyl groups excluding tert-OH is 1. The lowest BCUT2D eigenvalue weighted by atomic mass is 10.3. The first-order valence-electron chi connectivity index (χ1n) is 4.90. The van der Waals surface area contributed by atoms with Crippen LogP contribution in [0.15, 0.2) is 18.2 Å². The van der Waals surface area contributed by atoms with Crippen LogP contribution in [0.5, 0.6) is 11.5 Å². The Hall–Kier alpha value is -2.15. The summed E-state index contributed by atoms with van der Waals surface area (Å²) in [5, 5.41) is 20.3. The summed E-state index contributed by atoms with van der Waals surface area (Å²) < 4.78 is 10.3. The lowest BCUT2D eigenvalue weighted by Crippen LogP contribution is -2.01. The summed E-state index contributed by atoms with van der Waals surface area (Å²) in [7, 11) is 3.12. The van der Waals surface area contributed by atoms with Gasteiger partial charge in [0.25, 0.3) is 0 Å². The number of methoxy groups -OCH3 is 2. The van der Waals surface area contributed by atoms with Crippen molar-refractivity contribution in [2.24, 2.45) is 0 Å². The zero-order valence-corrected chi connectivity index (χ0v) is 9.49. The van der Waals surface area contributed by atoms with Gasteiger partial charge in [-0.15, -0.1) is 15.0 Å². The van der Waals surface area contributed by atoms with Gasteiger partial charge in [0.2, 0.25) is 5.82 Å². The van der Waals surface area contributed by atoms with Crippen molar-refractivity contribution in [2.75, 3.05) is 14.2 Å². The molecule has 7 heteroatoms. The first kappa shape index (κ1) is 11.3. The Balaban J connectivity index is 2.38. The van der Waals surface area contributed by atoms with Crippen molar-refractivity contribution < 1.29 is 14.6 Å². The molecule has 0 spiro atoms. The Morgan fingerprint density at radius 3 is 2.59 bits per heavy atom. The highest BCUT2D eigenvalue weighted by molar-refractivity contribution is 5.47. The molecule has 0 saturated carbocycles. The zero-order valence-electron chi connectivity index (χ0n) is 9.49. The van der Waals surface area contributed by atoms with E-state index in [-0.39, 0.29) is 12.4 Å². The van der Waals surface area contributed by atoms with Crippen molar-refractivity contribution in [3.8, 4) is 17.2 Å². The van der Waals surface area contributed by atoms with Crippen LogP contribution in [0.3, 0.4) is 0 Å². The largest absolute Gasteiger partial charge is 0.493 e. The number of aliphatic hydroxyl groups is 1. The van der Waals surface area contributed by atoms with Gasteiger partial charge >= 0.3 is 0 Å². The maximum Gasteiger partial charge on any atom is 0.200 e. The predicted octanol–water partition coefficient (Wildman–Crippen LogP) is 0.172. The van der Waals surface area contributed by atoms with Crippen molar-refractivity contribution in [3.05, 3.63) is 24.0 Å². The molecular formula is C10H12N4O3. The van der Waals surface area contributed by atoms with E-state index in [4.69, 9.17) is 14.6 Å². The van der Waals surface area contributed by atoms with Gasteiger partial charge in [-0.3, -0.25) is 0 Å². The fraction of sp³-hybridized carbons (Fsp3) is 0.300. The summed E-state index contributed by atoms with van der Waals surface area (Å²) in [6.07, 6.45) is 0. The zero-order chi connectivity index (χ0) is 12.3. The average molecular weight is 236 g/mol. The van der Waals surface area contributed by atoms with E-state index in [1.807, 2.05) is 0 Å². The highest BCUT2D eigenvalue weighted by atomic mass is 16.5. The number of tetrazole rings is 1. The van der Waals surface area contributed by atoms with E-state index >= 15 is 0 Å². The Kier molecular flexibility index (Phi) is 3.20. The summed E-state index contributed by atoms with van der Waals surface area (Å²) in [4.78, 5) is 1.31. The smallest absolute Gasteiger partial charge is 0.200 e. The monoisotopic (exact) mass is 236 g/mol. The molecule has 0 fully saturated rings. The molecule has 17 heavy (non-hydrogen) atoms. The number of benzene rings is 1. The van der Waals surface area contributed by atoms with E-state index < -0.39 is 0 Å². The number of hydrogen-bond acceptors (Lipinski definition) is 6. The molecule has 1 aromatic heterocycles. The average Bonchev–Trinajstić information content (AvgIpc) is 2.86. The Morgan fingerprint density at radius 2 is 2.00 bits per heavy atom. The molecule has 2 rings (SSSR count). The highest BCUT2D eigenvalue weighted by Gasteiger charge is 2.08. The van der Waals surface area contributed by atoms with Crippen molar-refractivity contribution in [2.45, 2.75) is 6.61 Å². The molecule has 0 aliphatic heterocycles. The van der Waals surface area contributed by atoms with Gasteiger partial charge in [0.1, 0.15) is 6.61 Å². The lowest BCUT2D eigenvalue weighted by Gasteiger charge is -2.08. The summed E-state index contributed by atoms with van der Waals surface area (Å²) >= 11 is 0. The van der Waals surface area contributed by atoms with Crippen LogP contribution in [0.2, 0.25) is 0 Å². The van der Waals surface area contributed by atoms with Crippen LogP contribution in [-0.4, -0.2) is 39.5 Å². The van der Waals surface area contributed by atoms with E-state index in [9.17, 15) is 0 Å². The number of nitrogens with zero attached hydrogens (tertiary/aromatic N) is 4. The van der Waals surface area contributed by atoms with Crippen LogP contribution < -0.4 is 9.47 Å². The molecule has 90 valence electrons. The van der Waals surface area contributed by atoms with Gasteiger partial charge in [0.15, 0.2) is 11.5 Å². The van der Waals surface area contributed by atoms with Crippen molar-refractivity contribution in [3.63, 3.8) is 0 Å². The second kappa shape index (κ2) is 4.79. The van der Waals surface area contributed by atoms with Gasteiger partial charge in [0, 0.05) is 6.07 Å². The molecule has 0 atom stereocenters. The summed E-state index contributed by atoms with van der Waals surface area (Å²) in [5.41, 5.74) is 0.676. The van der Waals surface area contributed by atoms with E-state index in [2.05, 4.69) is 15.4 Å². The molecule has 1 heterocycles. The van der Waals surface area contributed by atoms with Crippen LogP contribution >= 0.6 is 0 Å². The summed E-state index contributed by atoms with van der Waals surface area (Å²) in [6.45, 7) is -0.243. The minimum atomic E-state index is -0.243. The van der Waals surface area contributed by atoms with E-state index in [1.165, 1.54) is 4.80 Å². The van der Waals surface area contributed by atoms with Gasteiger partial charge in [-0.05, 0) is 17.3 Å². The molecule has 0 saturated heterocycles. The van der Waals surface area contributed by atoms with Crippen molar-refractivity contribution in [1.29, 1.82) is 0 Å². The van der Waals surface area contributed by atoms with E-state index in [0.29, 0.717) is 17.2 Å². The molecule has 7 nitrogen and oxygen atoms in total. The highest BCUT2D eigenvalue weighted by Crippen LogP contribution is 2.28. The molecule has 0 unspecified atom stereocenters. The molecule has 0 aliphatic carbocycles. The van der Waals surface area contributed by atoms with Gasteiger partial charge in [0.05, 0.1) is 19.9 Å². The molecule has 0 aliphatic rings. The first-order valence-corrected chi connectivity index (χ1v) is 4.90. The van der Waals surface area contributed by atoms with Gasteiger partial charge < -0.3 is 14.6 Å². The van der Waals surface area contributed by atoms with Crippen LogP contribution in [0.1, 0.15) is 5.82 Å². The van der Waals surface area contributed by atoms with Gasteiger partial charge in [-0.2, -0.15) is 0 Å². The Morgan fingerprint density at radius 1 is 1.24 bits per heavy atom. The number of ether oxygens (including phenoxy) is 2. The maximum absolute atomic E-state index is 8.86. The third-order valence-corrected chi connectivity index (χ3v) is 2.19. The second-order valence-electron chi connectivity index (χ2n) is 3.19. The SMILES string of the molecule is COc1ccc(-n2nnc(CO)n2)cc1OC. The Bertz CT molecular complexity index is 512. The lowest BCUT2D eigenvalue weighted by molar-refractivity contribution is 0.271. The molecule has 0 bridgehead atoms. The normalized spacial score (nSPS) is 10.3. The topological polar surface area (TPSA) is 82.3 Å². The standard InChI is InChI=1S/C10H12N4O3/c1-16-8-4-3-7(5-9(8)17-2)14-12-10(6-15)11-13-14/h3-5,15H,6H2,1-2H3. The molecular weight excluding hydrogens is 224 g/mol. The fourth-order valence-electron chi connectivity index (χ4n) is 1.37. The quantitative estimate of drug-likeness (QED) is 0.815. The van der Waals surface area contributed by atoms with E-state index in [1.54, 1.807) is 32.4 Å². The predicted molar refractivity (Wildman–Crippen MR) is 58.2 cm³/mol. The summed E-state index contributed by atoms with van der Waals surface area (Å²) in [5.74, 6) is 1.46. The van der Waals surface area contributed by atoms with E-state index in [0.717, 1.165) is 0 Å². The number of hydrogen-bond donors (Lipinski definition) is 1. The van der Waals surface area contributed by atoms with Gasteiger partial charge in [-0.25, -0.2) is 0 Å². The number of rotatable bonds is 4. The van der Waals surface area contributed by atoms with Crippen molar-refractivity contribution >= 4 is 0 Å². The van der Waals surface area contributed by atoms with Crippen LogP contribution in [0, 0.1) is 0 Å². The van der Waals surface area contributed by atoms with Gasteiger partial charge in [-0.1, -0.05) is 0 Å². The van der Waals surface area contributed by atoms with Crippen molar-refractivity contribution in [1.82, 2.24) is 20.2 Å². The summed E-state index contributed by atoms with van der Waals surface area (Å²) in [6, 6.07) is 5.24. The minimum Gasteiger partial charge on any atom is -0.493 e. The maximum atomic E-state index is 8.86. The minimum absolute atomic E-state index is 0.243. The third-order valence-electron chi connectivity index (χ3n) is 2.19. The molecule has 0 amide bonds. The van der Waals surface area contributed by atoms with Crippen LogP contribution in [-0.2, 0) is 6.61 Å². The second-order valence-corrected chi connectivity index (χ2v) is 3.19. The number of aromatic nitrogens is 4. The van der Waals surface area contributed by atoms with Crippen LogP contribution in [0.4, 0.5) is 0 Å². The molecule has 0 radical (unpaired) electrons.